The number of aromatic nitrogens is 6. The van der Waals surface area contributed by atoms with E-state index in [9.17, 15) is 0 Å². The molecule has 41 heavy (non-hydrogen) atoms. The number of aryl methyl sites for hydroxylation is 4. The Balaban J connectivity index is 1.15. The van der Waals surface area contributed by atoms with Crippen LogP contribution in [0.15, 0.2) is 24.4 Å². The number of likely N-dealkylation sites (N-methyl/N-ethyl adjacent to an activating group) is 1. The number of nitrogens with zero attached hydrogens (tertiary/aromatic N) is 9. The predicted octanol–water partition coefficient (Wildman–Crippen LogP) is 3.64. The first-order valence-corrected chi connectivity index (χ1v) is 14.6. The average molecular weight is 556 g/mol. The van der Waals surface area contributed by atoms with Crippen molar-refractivity contribution in [1.29, 1.82) is 0 Å². The summed E-state index contributed by atoms with van der Waals surface area (Å²) >= 11 is 0. The highest BCUT2D eigenvalue weighted by atomic mass is 16.5. The normalized spacial score (nSPS) is 18.5. The Labute approximate surface area is 242 Å². The van der Waals surface area contributed by atoms with E-state index in [-0.39, 0.29) is 0 Å². The molecule has 6 rings (SSSR count). The number of hydrogen-bond donors (Lipinski definition) is 0. The fraction of sp³-hybridized carbons (Fsp3) is 0.516. The third-order valence-electron chi connectivity index (χ3n) is 8.71. The number of anilines is 1. The molecule has 0 unspecified atom stereocenters. The topological polar surface area (TPSA) is 87.8 Å². The minimum absolute atomic E-state index is 0.519. The molecule has 3 aromatic heterocycles. The maximum Gasteiger partial charge on any atom is 0.252 e. The summed E-state index contributed by atoms with van der Waals surface area (Å²) < 4.78 is 7.71. The van der Waals surface area contributed by atoms with E-state index in [4.69, 9.17) is 19.7 Å². The molecule has 2 aliphatic heterocycles. The summed E-state index contributed by atoms with van der Waals surface area (Å²) in [4.78, 5) is 26.3. The molecule has 1 atom stereocenters. The largest absolute Gasteiger partial charge is 0.496 e. The van der Waals surface area contributed by atoms with E-state index in [1.54, 1.807) is 7.11 Å². The molecule has 10 nitrogen and oxygen atoms in total. The second-order valence-corrected chi connectivity index (χ2v) is 11.7. The summed E-state index contributed by atoms with van der Waals surface area (Å²) in [6.45, 7) is 15.4. The number of piperazine rings is 1. The first-order valence-electron chi connectivity index (χ1n) is 14.6. The van der Waals surface area contributed by atoms with Gasteiger partial charge in [-0.15, -0.1) is 0 Å². The van der Waals surface area contributed by atoms with Gasteiger partial charge in [-0.1, -0.05) is 6.07 Å². The highest BCUT2D eigenvalue weighted by Gasteiger charge is 2.27. The van der Waals surface area contributed by atoms with Crippen LogP contribution in [-0.2, 0) is 13.0 Å². The fourth-order valence-corrected chi connectivity index (χ4v) is 6.28. The highest BCUT2D eigenvalue weighted by Crippen LogP contribution is 2.33. The van der Waals surface area contributed by atoms with Crippen LogP contribution in [0, 0.1) is 33.6 Å². The molecule has 2 saturated heterocycles. The fourth-order valence-electron chi connectivity index (χ4n) is 6.28. The van der Waals surface area contributed by atoms with Crippen molar-refractivity contribution in [3.05, 3.63) is 58.4 Å². The Morgan fingerprint density at radius 3 is 2.51 bits per heavy atom. The number of benzene rings is 1. The lowest BCUT2D eigenvalue weighted by Gasteiger charge is -2.32. The molecule has 0 spiro atoms. The maximum absolute atomic E-state index is 5.83. The van der Waals surface area contributed by atoms with E-state index in [0.717, 1.165) is 104 Å². The van der Waals surface area contributed by atoms with Gasteiger partial charge in [-0.05, 0) is 76.8 Å². The van der Waals surface area contributed by atoms with Gasteiger partial charge >= 0.3 is 0 Å². The zero-order valence-electron chi connectivity index (χ0n) is 25.2. The van der Waals surface area contributed by atoms with Gasteiger partial charge in [0, 0.05) is 62.8 Å². The van der Waals surface area contributed by atoms with E-state index in [1.165, 1.54) is 11.1 Å². The van der Waals surface area contributed by atoms with Crippen LogP contribution in [-0.4, -0.2) is 92.8 Å². The molecule has 0 amide bonds. The van der Waals surface area contributed by atoms with Crippen LogP contribution in [0.25, 0.3) is 17.0 Å². The lowest BCUT2D eigenvalue weighted by Crippen LogP contribution is -2.43. The van der Waals surface area contributed by atoms with Crippen molar-refractivity contribution in [3.8, 4) is 17.0 Å². The maximum atomic E-state index is 5.83. The average Bonchev–Trinajstić information content (AvgIpc) is 3.58. The first-order chi connectivity index (χ1) is 19.8. The standard InChI is InChI=1S/C31H41N9O/c1-20-27(22(3)40-31(34-20)35-23(4)36-40)15-25-9-10-39(19-25)29-17-32-30(21(2)33-29)26-8-7-24(16-28(26)41-6)18-38-13-11-37(5)12-14-38/h7-8,16-17,25H,9-15,18-19H2,1-6H3/t25-/m0/s1. The van der Waals surface area contributed by atoms with Gasteiger partial charge in [0.1, 0.15) is 17.4 Å². The summed E-state index contributed by atoms with van der Waals surface area (Å²) in [5, 5.41) is 4.54. The van der Waals surface area contributed by atoms with E-state index in [2.05, 4.69) is 63.9 Å². The molecule has 2 fully saturated rings. The molecule has 1 aromatic carbocycles. The molecular weight excluding hydrogens is 514 g/mol. The highest BCUT2D eigenvalue weighted by molar-refractivity contribution is 5.70. The second-order valence-electron chi connectivity index (χ2n) is 11.7. The zero-order valence-corrected chi connectivity index (χ0v) is 25.2. The molecule has 10 heteroatoms. The third-order valence-corrected chi connectivity index (χ3v) is 8.71. The SMILES string of the molecule is COc1cc(CN2CCN(C)CC2)ccc1-c1ncc(N2CC[C@@H](Cc3c(C)nc4nc(C)nn4c3C)C2)nc1C. The second kappa shape index (κ2) is 11.3. The van der Waals surface area contributed by atoms with Crippen molar-refractivity contribution < 1.29 is 4.74 Å². The van der Waals surface area contributed by atoms with Gasteiger partial charge in [-0.3, -0.25) is 9.88 Å². The van der Waals surface area contributed by atoms with Gasteiger partial charge in [0.25, 0.3) is 5.78 Å². The molecule has 5 heterocycles. The van der Waals surface area contributed by atoms with Crippen LogP contribution in [0.1, 0.15) is 40.5 Å². The minimum Gasteiger partial charge on any atom is -0.496 e. The van der Waals surface area contributed by atoms with Crippen molar-refractivity contribution in [3.63, 3.8) is 0 Å². The summed E-state index contributed by atoms with van der Waals surface area (Å²) in [5.41, 5.74) is 7.50. The summed E-state index contributed by atoms with van der Waals surface area (Å²) in [5.74, 6) is 3.74. The monoisotopic (exact) mass is 555 g/mol. The van der Waals surface area contributed by atoms with Crippen molar-refractivity contribution >= 4 is 11.6 Å². The van der Waals surface area contributed by atoms with Gasteiger partial charge in [0.05, 0.1) is 24.7 Å². The van der Waals surface area contributed by atoms with Crippen LogP contribution >= 0.6 is 0 Å². The quantitative estimate of drug-likeness (QED) is 0.339. The van der Waals surface area contributed by atoms with Gasteiger partial charge < -0.3 is 14.5 Å². The Bertz CT molecular complexity index is 1560. The molecule has 0 saturated carbocycles. The van der Waals surface area contributed by atoms with Gasteiger partial charge in [0.2, 0.25) is 0 Å². The summed E-state index contributed by atoms with van der Waals surface area (Å²) in [6, 6.07) is 6.50. The van der Waals surface area contributed by atoms with E-state index >= 15 is 0 Å². The Morgan fingerprint density at radius 1 is 0.951 bits per heavy atom. The van der Waals surface area contributed by atoms with Gasteiger partial charge in [-0.25, -0.2) is 14.5 Å². The zero-order chi connectivity index (χ0) is 28.7. The first kappa shape index (κ1) is 27.5. The van der Waals surface area contributed by atoms with Crippen molar-refractivity contribution in [2.75, 3.05) is 58.3 Å². The Morgan fingerprint density at radius 2 is 1.76 bits per heavy atom. The van der Waals surface area contributed by atoms with Gasteiger partial charge in [0.15, 0.2) is 0 Å². The van der Waals surface area contributed by atoms with E-state index in [0.29, 0.717) is 11.7 Å². The minimum atomic E-state index is 0.519. The van der Waals surface area contributed by atoms with Crippen LogP contribution in [0.2, 0.25) is 0 Å². The molecule has 0 aliphatic carbocycles. The lowest BCUT2D eigenvalue weighted by atomic mass is 9.96. The summed E-state index contributed by atoms with van der Waals surface area (Å²) in [7, 11) is 3.92. The molecule has 4 aromatic rings. The smallest absolute Gasteiger partial charge is 0.252 e. The number of methoxy groups -OCH3 is 1. The number of fused-ring (bicyclic) bond motifs is 1. The van der Waals surface area contributed by atoms with E-state index in [1.807, 2.05) is 24.6 Å². The van der Waals surface area contributed by atoms with Crippen molar-refractivity contribution in [1.82, 2.24) is 39.3 Å². The Hall–Kier alpha value is -3.63. The van der Waals surface area contributed by atoms with Gasteiger partial charge in [-0.2, -0.15) is 10.1 Å². The predicted molar refractivity (Wildman–Crippen MR) is 161 cm³/mol. The van der Waals surface area contributed by atoms with Crippen LogP contribution in [0.3, 0.4) is 0 Å². The van der Waals surface area contributed by atoms with Crippen LogP contribution in [0.4, 0.5) is 5.82 Å². The lowest BCUT2D eigenvalue weighted by molar-refractivity contribution is 0.148. The third kappa shape index (κ3) is 5.63. The van der Waals surface area contributed by atoms with Crippen LogP contribution in [0.5, 0.6) is 5.75 Å². The number of ether oxygens (including phenoxy) is 1. The number of hydrogen-bond acceptors (Lipinski definition) is 9. The molecular formula is C31H41N9O. The molecule has 0 radical (unpaired) electrons. The molecule has 216 valence electrons. The van der Waals surface area contributed by atoms with Crippen molar-refractivity contribution in [2.24, 2.45) is 5.92 Å². The van der Waals surface area contributed by atoms with Crippen LogP contribution < -0.4 is 9.64 Å². The molecule has 0 N–H and O–H groups in total. The summed E-state index contributed by atoms with van der Waals surface area (Å²) in [6.07, 6.45) is 4.00. The van der Waals surface area contributed by atoms with Crippen molar-refractivity contribution in [2.45, 2.75) is 47.1 Å². The molecule has 2 aliphatic rings. The Kier molecular flexibility index (Phi) is 7.61. The number of rotatable bonds is 7. The molecule has 0 bridgehead atoms. The van der Waals surface area contributed by atoms with E-state index < -0.39 is 0 Å².